The number of hydrogen-bond acceptors (Lipinski definition) is 4. The molecule has 0 bridgehead atoms. The quantitative estimate of drug-likeness (QED) is 0.658. The third-order valence-electron chi connectivity index (χ3n) is 5.00. The lowest BCUT2D eigenvalue weighted by atomic mass is 10.1. The van der Waals surface area contributed by atoms with Crippen LogP contribution >= 0.6 is 0 Å². The van der Waals surface area contributed by atoms with Crippen LogP contribution in [0.1, 0.15) is 22.7 Å². The highest BCUT2D eigenvalue weighted by Crippen LogP contribution is 2.35. The summed E-state index contributed by atoms with van der Waals surface area (Å²) in [5.41, 5.74) is 6.11. The van der Waals surface area contributed by atoms with Crippen molar-refractivity contribution in [2.24, 2.45) is 0 Å². The highest BCUT2D eigenvalue weighted by atomic mass is 32.2. The number of ether oxygens (including phenoxy) is 1. The number of hydrogen-bond donors (Lipinski definition) is 1. The molecule has 1 N–H and O–H groups in total. The lowest BCUT2D eigenvalue weighted by Gasteiger charge is -2.25. The minimum absolute atomic E-state index is 0.178. The van der Waals surface area contributed by atoms with Gasteiger partial charge in [0.25, 0.3) is 10.0 Å². The number of rotatable bonds is 5. The Morgan fingerprint density at radius 1 is 0.933 bits per heavy atom. The number of nitrogens with zero attached hydrogens (tertiary/aromatic N) is 1. The molecule has 0 saturated carbocycles. The number of benzene rings is 3. The zero-order valence-electron chi connectivity index (χ0n) is 16.5. The third kappa shape index (κ3) is 3.81. The van der Waals surface area contributed by atoms with Crippen LogP contribution in [0.15, 0.2) is 83.8 Å². The van der Waals surface area contributed by atoms with Crippen LogP contribution in [-0.4, -0.2) is 19.9 Å². The van der Waals surface area contributed by atoms with Crippen molar-refractivity contribution >= 4 is 15.7 Å². The van der Waals surface area contributed by atoms with Crippen LogP contribution in [0.25, 0.3) is 5.70 Å². The van der Waals surface area contributed by atoms with Crippen molar-refractivity contribution < 1.29 is 17.5 Å². The summed E-state index contributed by atoms with van der Waals surface area (Å²) >= 11 is 0. The average Bonchev–Trinajstić information content (AvgIpc) is 3.21. The van der Waals surface area contributed by atoms with Gasteiger partial charge in [0, 0.05) is 0 Å². The van der Waals surface area contributed by atoms with Crippen LogP contribution in [-0.2, 0) is 10.0 Å². The average molecular weight is 424 g/mol. The van der Waals surface area contributed by atoms with Crippen LogP contribution in [0.4, 0.5) is 4.39 Å². The van der Waals surface area contributed by atoms with Gasteiger partial charge < -0.3 is 10.2 Å². The molecule has 1 atom stereocenters. The van der Waals surface area contributed by atoms with Gasteiger partial charge in [0.15, 0.2) is 0 Å². The molecule has 0 saturated heterocycles. The molecule has 1 aliphatic rings. The Labute approximate surface area is 175 Å². The molecular formula is C23H21FN2O3S. The molecule has 0 aliphatic carbocycles. The van der Waals surface area contributed by atoms with E-state index in [2.05, 4.69) is 5.43 Å². The van der Waals surface area contributed by atoms with E-state index in [1.807, 2.05) is 37.3 Å². The third-order valence-corrected chi connectivity index (χ3v) is 6.70. The van der Waals surface area contributed by atoms with E-state index in [0.29, 0.717) is 17.0 Å². The van der Waals surface area contributed by atoms with Gasteiger partial charge in [-0.3, -0.25) is 0 Å². The molecule has 0 spiro atoms. The molecule has 1 unspecified atom stereocenters. The van der Waals surface area contributed by atoms with E-state index in [-0.39, 0.29) is 10.7 Å². The summed E-state index contributed by atoms with van der Waals surface area (Å²) in [5.74, 6) is 0.327. The van der Waals surface area contributed by atoms with E-state index >= 15 is 0 Å². The second-order valence-corrected chi connectivity index (χ2v) is 8.85. The smallest absolute Gasteiger partial charge is 0.260 e. The molecule has 0 amide bonds. The summed E-state index contributed by atoms with van der Waals surface area (Å²) in [6.07, 6.45) is 1.82. The summed E-state index contributed by atoms with van der Waals surface area (Å²) in [4.78, 5) is 0.178. The Kier molecular flexibility index (Phi) is 5.32. The van der Waals surface area contributed by atoms with Crippen LogP contribution < -0.4 is 10.2 Å². The van der Waals surface area contributed by atoms with E-state index in [1.54, 1.807) is 43.5 Å². The van der Waals surface area contributed by atoms with Crippen molar-refractivity contribution in [1.82, 2.24) is 9.84 Å². The van der Waals surface area contributed by atoms with Crippen molar-refractivity contribution in [2.75, 3.05) is 7.11 Å². The van der Waals surface area contributed by atoms with Crippen molar-refractivity contribution in [1.29, 1.82) is 0 Å². The molecule has 0 fully saturated rings. The maximum Gasteiger partial charge on any atom is 0.260 e. The number of hydrazine groups is 1. The largest absolute Gasteiger partial charge is 0.497 e. The Balaban J connectivity index is 1.76. The molecular weight excluding hydrogens is 403 g/mol. The molecule has 0 aromatic heterocycles. The Morgan fingerprint density at radius 2 is 1.57 bits per heavy atom. The molecule has 3 aromatic rings. The molecule has 4 rings (SSSR count). The van der Waals surface area contributed by atoms with Crippen LogP contribution in [0, 0.1) is 12.7 Å². The van der Waals surface area contributed by atoms with Gasteiger partial charge in [-0.2, -0.15) is 0 Å². The first kappa shape index (κ1) is 20.1. The summed E-state index contributed by atoms with van der Waals surface area (Å²) in [6, 6.07) is 19.2. The zero-order chi connectivity index (χ0) is 21.3. The fourth-order valence-corrected chi connectivity index (χ4v) is 4.71. The topological polar surface area (TPSA) is 58.6 Å². The Hall–Kier alpha value is -3.16. The standard InChI is InChI=1S/C23H21FN2O3S/c1-16-3-13-21(14-4-16)30(27,28)26-23(18-5-9-19(24)10-6-18)15-22(25-26)17-7-11-20(29-2)12-8-17/h3-15,23,25H,1-2H3. The van der Waals surface area contributed by atoms with E-state index in [9.17, 15) is 12.8 Å². The Bertz CT molecular complexity index is 1170. The lowest BCUT2D eigenvalue weighted by molar-refractivity contribution is 0.348. The fourth-order valence-electron chi connectivity index (χ4n) is 3.31. The van der Waals surface area contributed by atoms with E-state index in [4.69, 9.17) is 4.74 Å². The lowest BCUT2D eigenvalue weighted by Crippen LogP contribution is -2.39. The van der Waals surface area contributed by atoms with Gasteiger partial charge in [-0.15, -0.1) is 4.41 Å². The van der Waals surface area contributed by atoms with Crippen LogP contribution in [0.5, 0.6) is 5.75 Å². The van der Waals surface area contributed by atoms with Gasteiger partial charge in [0.05, 0.1) is 23.7 Å². The van der Waals surface area contributed by atoms with E-state index < -0.39 is 16.1 Å². The van der Waals surface area contributed by atoms with Gasteiger partial charge in [-0.05, 0) is 72.7 Å². The number of aryl methyl sites for hydroxylation is 1. The van der Waals surface area contributed by atoms with Gasteiger partial charge in [-0.1, -0.05) is 29.8 Å². The second-order valence-electron chi connectivity index (χ2n) is 7.03. The molecule has 1 heterocycles. The number of sulfonamides is 1. The number of methoxy groups -OCH3 is 1. The molecule has 5 nitrogen and oxygen atoms in total. The first-order valence-corrected chi connectivity index (χ1v) is 10.8. The van der Waals surface area contributed by atoms with E-state index in [0.717, 1.165) is 11.1 Å². The van der Waals surface area contributed by atoms with Crippen molar-refractivity contribution in [3.63, 3.8) is 0 Å². The summed E-state index contributed by atoms with van der Waals surface area (Å²) in [7, 11) is -2.28. The van der Waals surface area contributed by atoms with E-state index in [1.165, 1.54) is 16.5 Å². The normalized spacial score (nSPS) is 16.8. The molecule has 0 radical (unpaired) electrons. The van der Waals surface area contributed by atoms with Crippen molar-refractivity contribution in [2.45, 2.75) is 17.9 Å². The predicted octanol–water partition coefficient (Wildman–Crippen LogP) is 4.43. The number of nitrogens with one attached hydrogen (secondary N) is 1. The van der Waals surface area contributed by atoms with Crippen molar-refractivity contribution in [3.05, 3.63) is 101 Å². The Morgan fingerprint density at radius 3 is 2.17 bits per heavy atom. The maximum atomic E-state index is 13.4. The highest BCUT2D eigenvalue weighted by molar-refractivity contribution is 7.89. The first-order chi connectivity index (χ1) is 14.4. The SMILES string of the molecule is COc1ccc(C2=CC(c3ccc(F)cc3)N(S(=O)(=O)c3ccc(C)cc3)N2)cc1. The van der Waals surface area contributed by atoms with Gasteiger partial charge in [0.2, 0.25) is 0 Å². The minimum atomic E-state index is -3.86. The minimum Gasteiger partial charge on any atom is -0.497 e. The molecule has 3 aromatic carbocycles. The van der Waals surface area contributed by atoms with Gasteiger partial charge >= 0.3 is 0 Å². The fraction of sp³-hybridized carbons (Fsp3) is 0.130. The molecule has 154 valence electrons. The molecule has 30 heavy (non-hydrogen) atoms. The second kappa shape index (κ2) is 7.93. The number of halogens is 1. The van der Waals surface area contributed by atoms with Gasteiger partial charge in [0.1, 0.15) is 11.6 Å². The predicted molar refractivity (Wildman–Crippen MR) is 113 cm³/mol. The zero-order valence-corrected chi connectivity index (χ0v) is 17.4. The molecule has 7 heteroatoms. The van der Waals surface area contributed by atoms with Crippen LogP contribution in [0.2, 0.25) is 0 Å². The maximum absolute atomic E-state index is 13.4. The van der Waals surface area contributed by atoms with Crippen molar-refractivity contribution in [3.8, 4) is 5.75 Å². The molecule has 1 aliphatic heterocycles. The van der Waals surface area contributed by atoms with Crippen LogP contribution in [0.3, 0.4) is 0 Å². The summed E-state index contributed by atoms with van der Waals surface area (Å²) in [5, 5.41) is 0. The van der Waals surface area contributed by atoms with Gasteiger partial charge in [-0.25, -0.2) is 12.8 Å². The first-order valence-electron chi connectivity index (χ1n) is 9.38. The highest BCUT2D eigenvalue weighted by Gasteiger charge is 2.37. The summed E-state index contributed by atoms with van der Waals surface area (Å²) in [6.45, 7) is 1.90. The summed E-state index contributed by atoms with van der Waals surface area (Å²) < 4.78 is 46.7. The monoisotopic (exact) mass is 424 g/mol.